The molecule has 2 rings (SSSR count). The highest BCUT2D eigenvalue weighted by Gasteiger charge is 2.23. The molecule has 1 fully saturated rings. The molecular formula is C16H24BrClN2O. The van der Waals surface area contributed by atoms with Crippen molar-refractivity contribution < 1.29 is 4.79 Å². The largest absolute Gasteiger partial charge is 0.352 e. The first-order valence-corrected chi connectivity index (χ1v) is 8.22. The van der Waals surface area contributed by atoms with E-state index in [1.807, 2.05) is 24.3 Å². The van der Waals surface area contributed by atoms with Crippen LogP contribution < -0.4 is 11.1 Å². The van der Waals surface area contributed by atoms with Gasteiger partial charge < -0.3 is 11.1 Å². The molecule has 1 aromatic carbocycles. The van der Waals surface area contributed by atoms with E-state index in [-0.39, 0.29) is 24.4 Å². The summed E-state index contributed by atoms with van der Waals surface area (Å²) in [7, 11) is 0. The van der Waals surface area contributed by atoms with Crippen molar-refractivity contribution in [2.45, 2.75) is 44.6 Å². The Bertz CT molecular complexity index is 432. The van der Waals surface area contributed by atoms with Gasteiger partial charge in [0, 0.05) is 17.1 Å². The van der Waals surface area contributed by atoms with Crippen molar-refractivity contribution in [3.63, 3.8) is 0 Å². The smallest absolute Gasteiger partial charge is 0.224 e. The lowest BCUT2D eigenvalue weighted by molar-refractivity contribution is -0.121. The van der Waals surface area contributed by atoms with Crippen LogP contribution in [0, 0.1) is 5.92 Å². The van der Waals surface area contributed by atoms with Crippen molar-refractivity contribution >= 4 is 34.2 Å². The lowest BCUT2D eigenvalue weighted by Crippen LogP contribution is -2.46. The number of amides is 1. The summed E-state index contributed by atoms with van der Waals surface area (Å²) in [5.74, 6) is 0.635. The first kappa shape index (κ1) is 18.5. The molecule has 3 N–H and O–H groups in total. The van der Waals surface area contributed by atoms with E-state index in [1.54, 1.807) is 0 Å². The summed E-state index contributed by atoms with van der Waals surface area (Å²) in [6.45, 7) is 0.538. The minimum Gasteiger partial charge on any atom is -0.352 e. The SMILES string of the molecule is Cl.NCC(NC(=O)Cc1ccc(Br)cc1)C1CCCCC1. The second-order valence-corrected chi connectivity index (χ2v) is 6.53. The van der Waals surface area contributed by atoms with Crippen LogP contribution in [0.4, 0.5) is 0 Å². The molecule has 0 aliphatic heterocycles. The number of carbonyl (C=O) groups excluding carboxylic acids is 1. The Balaban J connectivity index is 0.00000220. The molecule has 118 valence electrons. The van der Waals surface area contributed by atoms with E-state index in [4.69, 9.17) is 5.73 Å². The van der Waals surface area contributed by atoms with Crippen molar-refractivity contribution in [3.05, 3.63) is 34.3 Å². The third-order valence-electron chi connectivity index (χ3n) is 4.10. The molecule has 1 aliphatic rings. The van der Waals surface area contributed by atoms with Gasteiger partial charge >= 0.3 is 0 Å². The highest BCUT2D eigenvalue weighted by molar-refractivity contribution is 9.10. The van der Waals surface area contributed by atoms with Gasteiger partial charge in [0.15, 0.2) is 0 Å². The van der Waals surface area contributed by atoms with E-state index in [0.29, 0.717) is 18.9 Å². The zero-order chi connectivity index (χ0) is 14.4. The minimum absolute atomic E-state index is 0. The molecule has 0 aromatic heterocycles. The standard InChI is InChI=1S/C16H23BrN2O.ClH/c17-14-8-6-12(7-9-14)10-16(20)19-15(11-18)13-4-2-1-3-5-13;/h6-9,13,15H,1-5,10-11,18H2,(H,19,20);1H. The second-order valence-electron chi connectivity index (χ2n) is 5.61. The van der Waals surface area contributed by atoms with Gasteiger partial charge in [-0.05, 0) is 36.5 Å². The van der Waals surface area contributed by atoms with Gasteiger partial charge in [-0.1, -0.05) is 47.3 Å². The molecule has 3 nitrogen and oxygen atoms in total. The Morgan fingerprint density at radius 3 is 2.43 bits per heavy atom. The molecule has 1 amide bonds. The van der Waals surface area contributed by atoms with Gasteiger partial charge in [0.2, 0.25) is 5.91 Å². The number of hydrogen-bond acceptors (Lipinski definition) is 2. The van der Waals surface area contributed by atoms with E-state index in [1.165, 1.54) is 32.1 Å². The van der Waals surface area contributed by atoms with Crippen molar-refractivity contribution in [3.8, 4) is 0 Å². The number of carbonyl (C=O) groups is 1. The van der Waals surface area contributed by atoms with Crippen molar-refractivity contribution in [1.29, 1.82) is 0 Å². The molecule has 1 aromatic rings. The van der Waals surface area contributed by atoms with Gasteiger partial charge in [-0.2, -0.15) is 0 Å². The van der Waals surface area contributed by atoms with Crippen LogP contribution in [0.15, 0.2) is 28.7 Å². The fourth-order valence-electron chi connectivity index (χ4n) is 2.95. The first-order chi connectivity index (χ1) is 9.69. The highest BCUT2D eigenvalue weighted by Crippen LogP contribution is 2.26. The fraction of sp³-hybridized carbons (Fsp3) is 0.562. The van der Waals surface area contributed by atoms with Crippen LogP contribution in [-0.2, 0) is 11.2 Å². The summed E-state index contributed by atoms with van der Waals surface area (Å²) in [6.07, 6.45) is 6.67. The van der Waals surface area contributed by atoms with Gasteiger partial charge in [-0.25, -0.2) is 0 Å². The molecule has 0 bridgehead atoms. The van der Waals surface area contributed by atoms with E-state index < -0.39 is 0 Å². The zero-order valence-electron chi connectivity index (χ0n) is 12.2. The van der Waals surface area contributed by atoms with Crippen LogP contribution in [0.1, 0.15) is 37.7 Å². The van der Waals surface area contributed by atoms with Crippen LogP contribution in [0.5, 0.6) is 0 Å². The number of nitrogens with two attached hydrogens (primary N) is 1. The molecule has 1 saturated carbocycles. The summed E-state index contributed by atoms with van der Waals surface area (Å²) >= 11 is 3.40. The third-order valence-corrected chi connectivity index (χ3v) is 4.63. The second kappa shape index (κ2) is 9.44. The Morgan fingerprint density at radius 1 is 1.24 bits per heavy atom. The Hall–Kier alpha value is -0.580. The summed E-state index contributed by atoms with van der Waals surface area (Å²) in [5, 5.41) is 3.12. The van der Waals surface area contributed by atoms with Gasteiger partial charge in [-0.3, -0.25) is 4.79 Å². The number of benzene rings is 1. The number of hydrogen-bond donors (Lipinski definition) is 2. The maximum atomic E-state index is 12.1. The van der Waals surface area contributed by atoms with E-state index in [9.17, 15) is 4.79 Å². The molecule has 0 spiro atoms. The maximum absolute atomic E-state index is 12.1. The van der Waals surface area contributed by atoms with Gasteiger partial charge in [-0.15, -0.1) is 12.4 Å². The average Bonchev–Trinajstić information content (AvgIpc) is 2.48. The van der Waals surface area contributed by atoms with Gasteiger partial charge in [0.1, 0.15) is 0 Å². The Kier molecular flexibility index (Phi) is 8.30. The molecule has 5 heteroatoms. The van der Waals surface area contributed by atoms with E-state index in [2.05, 4.69) is 21.2 Å². The Labute approximate surface area is 141 Å². The molecular weight excluding hydrogens is 352 g/mol. The van der Waals surface area contributed by atoms with Crippen molar-refractivity contribution in [1.82, 2.24) is 5.32 Å². The topological polar surface area (TPSA) is 55.1 Å². The average molecular weight is 376 g/mol. The molecule has 0 radical (unpaired) electrons. The summed E-state index contributed by atoms with van der Waals surface area (Å²) in [5.41, 5.74) is 6.88. The Morgan fingerprint density at radius 2 is 1.86 bits per heavy atom. The number of halogens is 2. The predicted molar refractivity (Wildman–Crippen MR) is 92.7 cm³/mol. The minimum atomic E-state index is 0. The molecule has 0 heterocycles. The van der Waals surface area contributed by atoms with Crippen LogP contribution >= 0.6 is 28.3 Å². The summed E-state index contributed by atoms with van der Waals surface area (Å²) < 4.78 is 1.03. The van der Waals surface area contributed by atoms with Gasteiger partial charge in [0.25, 0.3) is 0 Å². The quantitative estimate of drug-likeness (QED) is 0.828. The summed E-state index contributed by atoms with van der Waals surface area (Å²) in [6, 6.07) is 8.01. The first-order valence-electron chi connectivity index (χ1n) is 7.43. The van der Waals surface area contributed by atoms with Crippen LogP contribution in [0.25, 0.3) is 0 Å². The highest BCUT2D eigenvalue weighted by atomic mass is 79.9. The molecule has 0 saturated heterocycles. The lowest BCUT2D eigenvalue weighted by Gasteiger charge is -2.30. The van der Waals surface area contributed by atoms with E-state index in [0.717, 1.165) is 10.0 Å². The van der Waals surface area contributed by atoms with Crippen LogP contribution in [0.3, 0.4) is 0 Å². The fourth-order valence-corrected chi connectivity index (χ4v) is 3.22. The monoisotopic (exact) mass is 374 g/mol. The van der Waals surface area contributed by atoms with Crippen LogP contribution in [0.2, 0.25) is 0 Å². The van der Waals surface area contributed by atoms with Crippen molar-refractivity contribution in [2.75, 3.05) is 6.54 Å². The maximum Gasteiger partial charge on any atom is 0.224 e. The van der Waals surface area contributed by atoms with E-state index >= 15 is 0 Å². The van der Waals surface area contributed by atoms with Crippen molar-refractivity contribution in [2.24, 2.45) is 11.7 Å². The summed E-state index contributed by atoms with van der Waals surface area (Å²) in [4.78, 5) is 12.1. The van der Waals surface area contributed by atoms with Gasteiger partial charge in [0.05, 0.1) is 6.42 Å². The van der Waals surface area contributed by atoms with Crippen LogP contribution in [-0.4, -0.2) is 18.5 Å². The predicted octanol–water partition coefficient (Wildman–Crippen LogP) is 3.44. The molecule has 21 heavy (non-hydrogen) atoms. The number of rotatable bonds is 5. The number of nitrogens with one attached hydrogen (secondary N) is 1. The lowest BCUT2D eigenvalue weighted by atomic mass is 9.84. The molecule has 1 unspecified atom stereocenters. The zero-order valence-corrected chi connectivity index (χ0v) is 14.6. The third kappa shape index (κ3) is 5.97. The molecule has 1 aliphatic carbocycles. The normalized spacial score (nSPS) is 16.9. The molecule has 1 atom stereocenters.